The van der Waals surface area contributed by atoms with Crippen molar-refractivity contribution in [3.63, 3.8) is 0 Å². The van der Waals surface area contributed by atoms with Crippen molar-refractivity contribution in [2.45, 2.75) is 6.54 Å². The van der Waals surface area contributed by atoms with E-state index in [1.54, 1.807) is 18.2 Å². The van der Waals surface area contributed by atoms with Crippen molar-refractivity contribution in [1.29, 1.82) is 5.26 Å². The maximum Gasteiger partial charge on any atom is 0.174 e. The molecule has 96 valence electrons. The molecule has 0 aliphatic heterocycles. The predicted molar refractivity (Wildman–Crippen MR) is 71.3 cm³/mol. The van der Waals surface area contributed by atoms with Crippen molar-refractivity contribution in [3.8, 4) is 11.8 Å². The maximum absolute atomic E-state index is 13.0. The first-order valence-corrected chi connectivity index (χ1v) is 5.86. The lowest BCUT2D eigenvalue weighted by Gasteiger charge is -2.08. The summed E-state index contributed by atoms with van der Waals surface area (Å²) in [5.74, 6) is 0.385. The molecule has 4 heteroatoms. The molecule has 0 aliphatic rings. The second kappa shape index (κ2) is 6.41. The minimum Gasteiger partial charge on any atom is -0.479 e. The number of benzene rings is 2. The average Bonchev–Trinajstić information content (AvgIpc) is 2.43. The third-order valence-corrected chi connectivity index (χ3v) is 2.52. The number of halogens is 1. The summed E-state index contributed by atoms with van der Waals surface area (Å²) in [7, 11) is 0. The number of nitrogens with one attached hydrogen (secondary N) is 1. The summed E-state index contributed by atoms with van der Waals surface area (Å²) in [6.07, 6.45) is 0. The van der Waals surface area contributed by atoms with Crippen LogP contribution in [0.1, 0.15) is 5.56 Å². The van der Waals surface area contributed by atoms with E-state index in [4.69, 9.17) is 10.00 Å². The summed E-state index contributed by atoms with van der Waals surface area (Å²) >= 11 is 0. The first-order chi connectivity index (χ1) is 9.28. The van der Waals surface area contributed by atoms with E-state index in [-0.39, 0.29) is 12.4 Å². The van der Waals surface area contributed by atoms with Gasteiger partial charge in [-0.25, -0.2) is 4.39 Å². The van der Waals surface area contributed by atoms with Gasteiger partial charge in [0.2, 0.25) is 0 Å². The van der Waals surface area contributed by atoms with Crippen molar-refractivity contribution >= 4 is 5.69 Å². The second-order valence-corrected chi connectivity index (χ2v) is 3.96. The predicted octanol–water partition coefficient (Wildman–Crippen LogP) is 3.34. The van der Waals surface area contributed by atoms with Crippen LogP contribution in [-0.4, -0.2) is 6.61 Å². The van der Waals surface area contributed by atoms with Gasteiger partial charge in [0.25, 0.3) is 0 Å². The summed E-state index contributed by atoms with van der Waals surface area (Å²) in [4.78, 5) is 0. The Kier molecular flexibility index (Phi) is 4.35. The summed E-state index contributed by atoms with van der Waals surface area (Å²) in [5, 5.41) is 11.6. The largest absolute Gasteiger partial charge is 0.479 e. The van der Waals surface area contributed by atoms with Crippen LogP contribution in [0.15, 0.2) is 48.5 Å². The standard InChI is InChI=1S/C15H13FN2O/c16-13-4-1-3-12(9-13)11-18-14-5-2-6-15(10-14)19-8-7-17/h1-6,9-10,18H,8,11H2. The van der Waals surface area contributed by atoms with E-state index in [1.165, 1.54) is 12.1 Å². The average molecular weight is 256 g/mol. The SMILES string of the molecule is N#CCOc1cccc(NCc2cccc(F)c2)c1. The number of rotatable bonds is 5. The molecule has 2 aromatic carbocycles. The Morgan fingerprint density at radius 3 is 2.79 bits per heavy atom. The number of anilines is 1. The molecule has 0 saturated carbocycles. The molecule has 0 saturated heterocycles. The van der Waals surface area contributed by atoms with Crippen LogP contribution in [0.4, 0.5) is 10.1 Å². The Bertz CT molecular complexity index is 593. The fraction of sp³-hybridized carbons (Fsp3) is 0.133. The van der Waals surface area contributed by atoms with Gasteiger partial charge >= 0.3 is 0 Å². The molecule has 0 heterocycles. The lowest BCUT2D eigenvalue weighted by atomic mass is 10.2. The molecule has 0 aromatic heterocycles. The zero-order valence-electron chi connectivity index (χ0n) is 10.3. The van der Waals surface area contributed by atoms with Crippen LogP contribution < -0.4 is 10.1 Å². The van der Waals surface area contributed by atoms with Crippen molar-refractivity contribution in [2.24, 2.45) is 0 Å². The van der Waals surface area contributed by atoms with Crippen molar-refractivity contribution < 1.29 is 9.13 Å². The topological polar surface area (TPSA) is 45.0 Å². The number of nitriles is 1. The van der Waals surface area contributed by atoms with E-state index < -0.39 is 0 Å². The molecule has 0 aliphatic carbocycles. The molecule has 0 bridgehead atoms. The molecule has 19 heavy (non-hydrogen) atoms. The summed E-state index contributed by atoms with van der Waals surface area (Å²) < 4.78 is 18.2. The van der Waals surface area contributed by atoms with E-state index in [2.05, 4.69) is 5.32 Å². The molecule has 0 radical (unpaired) electrons. The Balaban J connectivity index is 1.98. The third kappa shape index (κ3) is 4.00. The van der Waals surface area contributed by atoms with Gasteiger partial charge < -0.3 is 10.1 Å². The van der Waals surface area contributed by atoms with Gasteiger partial charge in [-0.05, 0) is 29.8 Å². The van der Waals surface area contributed by atoms with Gasteiger partial charge in [-0.3, -0.25) is 0 Å². The van der Waals surface area contributed by atoms with Crippen LogP contribution in [0.5, 0.6) is 5.75 Å². The molecule has 2 aromatic rings. The first-order valence-electron chi connectivity index (χ1n) is 5.86. The van der Waals surface area contributed by atoms with Crippen LogP contribution in [0, 0.1) is 17.1 Å². The van der Waals surface area contributed by atoms with E-state index in [9.17, 15) is 4.39 Å². The maximum atomic E-state index is 13.0. The van der Waals surface area contributed by atoms with Gasteiger partial charge in [-0.15, -0.1) is 0 Å². The van der Waals surface area contributed by atoms with Gasteiger partial charge in [-0.1, -0.05) is 18.2 Å². The highest BCUT2D eigenvalue weighted by molar-refractivity contribution is 5.48. The molecule has 1 N–H and O–H groups in total. The summed E-state index contributed by atoms with van der Waals surface area (Å²) in [5.41, 5.74) is 1.73. The van der Waals surface area contributed by atoms with E-state index in [1.807, 2.05) is 24.3 Å². The molecule has 0 unspecified atom stereocenters. The van der Waals surface area contributed by atoms with Gasteiger partial charge in [0.1, 0.15) is 17.6 Å². The quantitative estimate of drug-likeness (QED) is 0.892. The Hall–Kier alpha value is -2.54. The van der Waals surface area contributed by atoms with Crippen molar-refractivity contribution in [2.75, 3.05) is 11.9 Å². The second-order valence-electron chi connectivity index (χ2n) is 3.96. The van der Waals surface area contributed by atoms with Crippen molar-refractivity contribution in [1.82, 2.24) is 0 Å². The molecule has 3 nitrogen and oxygen atoms in total. The van der Waals surface area contributed by atoms with E-state index in [0.29, 0.717) is 12.3 Å². The minimum absolute atomic E-state index is 0.0212. The minimum atomic E-state index is -0.245. The fourth-order valence-corrected chi connectivity index (χ4v) is 1.66. The Labute approximate surface area is 111 Å². The van der Waals surface area contributed by atoms with Crippen LogP contribution in [0.2, 0.25) is 0 Å². The molecule has 0 spiro atoms. The lowest BCUT2D eigenvalue weighted by Crippen LogP contribution is -2.00. The van der Waals surface area contributed by atoms with E-state index >= 15 is 0 Å². The van der Waals surface area contributed by atoms with Crippen molar-refractivity contribution in [3.05, 3.63) is 59.9 Å². The molecule has 0 fully saturated rings. The zero-order chi connectivity index (χ0) is 13.5. The van der Waals surface area contributed by atoms with Gasteiger partial charge in [0.05, 0.1) is 0 Å². The van der Waals surface area contributed by atoms with Crippen LogP contribution in [-0.2, 0) is 6.54 Å². The van der Waals surface area contributed by atoms with Crippen LogP contribution in [0.25, 0.3) is 0 Å². The van der Waals surface area contributed by atoms with Crippen LogP contribution in [0.3, 0.4) is 0 Å². The first kappa shape index (κ1) is 12.9. The van der Waals surface area contributed by atoms with Gasteiger partial charge in [-0.2, -0.15) is 5.26 Å². The Morgan fingerprint density at radius 1 is 1.16 bits per heavy atom. The Morgan fingerprint density at radius 2 is 2.00 bits per heavy atom. The summed E-state index contributed by atoms with van der Waals surface area (Å²) in [6, 6.07) is 15.7. The highest BCUT2D eigenvalue weighted by Gasteiger charge is 1.98. The van der Waals surface area contributed by atoms with Gasteiger partial charge in [0.15, 0.2) is 6.61 Å². The monoisotopic (exact) mass is 256 g/mol. The molecular weight excluding hydrogens is 243 g/mol. The lowest BCUT2D eigenvalue weighted by molar-refractivity contribution is 0.368. The highest BCUT2D eigenvalue weighted by atomic mass is 19.1. The normalized spacial score (nSPS) is 9.68. The number of hydrogen-bond donors (Lipinski definition) is 1. The smallest absolute Gasteiger partial charge is 0.174 e. The molecular formula is C15H13FN2O. The van der Waals surface area contributed by atoms with Crippen LogP contribution >= 0.6 is 0 Å². The zero-order valence-corrected chi connectivity index (χ0v) is 10.3. The number of nitrogens with zero attached hydrogens (tertiary/aromatic N) is 1. The summed E-state index contributed by atoms with van der Waals surface area (Å²) in [6.45, 7) is 0.548. The third-order valence-electron chi connectivity index (χ3n) is 2.52. The molecule has 0 atom stereocenters. The van der Waals surface area contributed by atoms with Gasteiger partial charge in [0, 0.05) is 18.3 Å². The number of hydrogen-bond acceptors (Lipinski definition) is 3. The molecule has 0 amide bonds. The number of ether oxygens (including phenoxy) is 1. The fourth-order valence-electron chi connectivity index (χ4n) is 1.66. The highest BCUT2D eigenvalue weighted by Crippen LogP contribution is 2.18. The van der Waals surface area contributed by atoms with E-state index in [0.717, 1.165) is 11.3 Å². The molecule has 2 rings (SSSR count).